The van der Waals surface area contributed by atoms with Crippen LogP contribution in [-0.4, -0.2) is 9.13 Å². The molecule has 6 aromatic carbocycles. The highest BCUT2D eigenvalue weighted by atomic mass is 16.3. The molecule has 42 heavy (non-hydrogen) atoms. The maximum atomic E-state index is 9.99. The smallest absolute Gasteiger partial charge is 0.159 e. The first-order valence-electron chi connectivity index (χ1n) is 14.1. The number of rotatable bonds is 2. The van der Waals surface area contributed by atoms with Crippen LogP contribution in [0.15, 0.2) is 126 Å². The molecular formula is C38H23N3O. The Kier molecular flexibility index (Phi) is 4.57. The molecular weight excluding hydrogens is 514 g/mol. The summed E-state index contributed by atoms with van der Waals surface area (Å²) in [7, 11) is 0. The van der Waals surface area contributed by atoms with Crippen LogP contribution in [0.2, 0.25) is 0 Å². The van der Waals surface area contributed by atoms with Crippen molar-refractivity contribution in [1.82, 2.24) is 9.13 Å². The fraction of sp³-hybridized carbons (Fsp3) is 0.0263. The molecule has 0 fully saturated rings. The minimum atomic E-state index is 0.604. The molecule has 9 rings (SSSR count). The van der Waals surface area contributed by atoms with Crippen LogP contribution >= 0.6 is 0 Å². The number of furan rings is 1. The third-order valence-electron chi connectivity index (χ3n) is 8.57. The van der Waals surface area contributed by atoms with E-state index < -0.39 is 0 Å². The molecule has 0 radical (unpaired) electrons. The average molecular weight is 538 g/mol. The van der Waals surface area contributed by atoms with Crippen molar-refractivity contribution >= 4 is 65.6 Å². The normalized spacial score (nSPS) is 11.9. The van der Waals surface area contributed by atoms with E-state index in [1.807, 2.05) is 30.3 Å². The molecule has 9 aromatic rings. The van der Waals surface area contributed by atoms with Crippen molar-refractivity contribution in [2.45, 2.75) is 6.92 Å². The number of para-hydroxylation sites is 3. The van der Waals surface area contributed by atoms with E-state index in [1.54, 1.807) is 0 Å². The summed E-state index contributed by atoms with van der Waals surface area (Å²) in [5.41, 5.74) is 9.93. The van der Waals surface area contributed by atoms with Gasteiger partial charge in [-0.05, 0) is 67.6 Å². The van der Waals surface area contributed by atoms with E-state index in [1.165, 1.54) is 27.4 Å². The largest absolute Gasteiger partial charge is 0.454 e. The van der Waals surface area contributed by atoms with Gasteiger partial charge in [-0.3, -0.25) is 0 Å². The first-order valence-corrected chi connectivity index (χ1v) is 14.1. The third-order valence-corrected chi connectivity index (χ3v) is 8.57. The lowest BCUT2D eigenvalue weighted by molar-refractivity contribution is 0.666. The Labute approximate surface area is 240 Å². The molecule has 0 atom stereocenters. The van der Waals surface area contributed by atoms with Crippen LogP contribution in [-0.2, 0) is 0 Å². The van der Waals surface area contributed by atoms with Gasteiger partial charge in [-0.2, -0.15) is 5.26 Å². The molecule has 4 nitrogen and oxygen atoms in total. The molecule has 4 heteroatoms. The summed E-state index contributed by atoms with van der Waals surface area (Å²) in [4.78, 5) is 0. The van der Waals surface area contributed by atoms with E-state index in [2.05, 4.69) is 113 Å². The summed E-state index contributed by atoms with van der Waals surface area (Å²) >= 11 is 0. The van der Waals surface area contributed by atoms with Crippen LogP contribution in [0.4, 0.5) is 0 Å². The number of hydrogen-bond donors (Lipinski definition) is 0. The number of aromatic nitrogens is 2. The van der Waals surface area contributed by atoms with Gasteiger partial charge in [0.2, 0.25) is 0 Å². The second kappa shape index (κ2) is 8.36. The Morgan fingerprint density at radius 3 is 1.95 bits per heavy atom. The van der Waals surface area contributed by atoms with E-state index >= 15 is 0 Å². The Bertz CT molecular complexity index is 2600. The number of fused-ring (bicyclic) bond motifs is 9. The van der Waals surface area contributed by atoms with Crippen LogP contribution in [0.3, 0.4) is 0 Å². The first-order chi connectivity index (χ1) is 20.7. The van der Waals surface area contributed by atoms with Gasteiger partial charge in [0.25, 0.3) is 0 Å². The van der Waals surface area contributed by atoms with Crippen molar-refractivity contribution in [3.63, 3.8) is 0 Å². The third kappa shape index (κ3) is 3.05. The van der Waals surface area contributed by atoms with Gasteiger partial charge in [-0.25, -0.2) is 0 Å². The molecule has 3 aromatic heterocycles. The number of benzene rings is 6. The minimum absolute atomic E-state index is 0.604. The summed E-state index contributed by atoms with van der Waals surface area (Å²) in [6.07, 6.45) is 0. The van der Waals surface area contributed by atoms with Gasteiger partial charge in [0.1, 0.15) is 5.58 Å². The Balaban J connectivity index is 1.39. The average Bonchev–Trinajstić information content (AvgIpc) is 3.68. The van der Waals surface area contributed by atoms with Gasteiger partial charge in [0.05, 0.1) is 39.4 Å². The lowest BCUT2D eigenvalue weighted by Gasteiger charge is -2.11. The highest BCUT2D eigenvalue weighted by Crippen LogP contribution is 2.40. The summed E-state index contributed by atoms with van der Waals surface area (Å²) < 4.78 is 11.1. The zero-order valence-electron chi connectivity index (χ0n) is 22.8. The minimum Gasteiger partial charge on any atom is -0.454 e. The summed E-state index contributed by atoms with van der Waals surface area (Å²) in [6, 6.07) is 44.8. The second-order valence-electron chi connectivity index (χ2n) is 11.0. The Morgan fingerprint density at radius 2 is 1.17 bits per heavy atom. The summed E-state index contributed by atoms with van der Waals surface area (Å²) in [5, 5.41) is 16.8. The lowest BCUT2D eigenvalue weighted by Crippen LogP contribution is -1.97. The van der Waals surface area contributed by atoms with Crippen molar-refractivity contribution < 1.29 is 4.42 Å². The molecule has 0 aliphatic heterocycles. The first kappa shape index (κ1) is 23.0. The SMILES string of the molecule is Cc1ccc2c(c1)c1ccccc1n2-c1ccc2c(c1)c1ccccc1n2-c1cc(C#N)cc2c1oc1ccccc12. The van der Waals surface area contributed by atoms with Gasteiger partial charge in [-0.15, -0.1) is 0 Å². The molecule has 196 valence electrons. The van der Waals surface area contributed by atoms with Crippen molar-refractivity contribution in [2.75, 3.05) is 0 Å². The fourth-order valence-electron chi connectivity index (χ4n) is 6.76. The van der Waals surface area contributed by atoms with Gasteiger partial charge < -0.3 is 13.6 Å². The molecule has 0 unspecified atom stereocenters. The predicted octanol–water partition coefficient (Wildman–Crippen LogP) is 9.96. The van der Waals surface area contributed by atoms with E-state index in [9.17, 15) is 5.26 Å². The molecule has 0 N–H and O–H groups in total. The van der Waals surface area contributed by atoms with E-state index in [-0.39, 0.29) is 0 Å². The summed E-state index contributed by atoms with van der Waals surface area (Å²) in [6.45, 7) is 2.15. The van der Waals surface area contributed by atoms with E-state index in [4.69, 9.17) is 4.42 Å². The number of aryl methyl sites for hydroxylation is 1. The van der Waals surface area contributed by atoms with Crippen LogP contribution in [0.25, 0.3) is 76.9 Å². The number of hydrogen-bond acceptors (Lipinski definition) is 2. The molecule has 3 heterocycles. The highest BCUT2D eigenvalue weighted by Gasteiger charge is 2.20. The summed E-state index contributed by atoms with van der Waals surface area (Å²) in [5.74, 6) is 0. The molecule has 0 amide bonds. The maximum Gasteiger partial charge on any atom is 0.159 e. The molecule has 0 saturated carbocycles. The Hall–Kier alpha value is -5.79. The highest BCUT2D eigenvalue weighted by molar-refractivity contribution is 6.14. The van der Waals surface area contributed by atoms with Crippen molar-refractivity contribution in [1.29, 1.82) is 5.26 Å². The van der Waals surface area contributed by atoms with E-state index in [0.717, 1.165) is 55.1 Å². The fourth-order valence-corrected chi connectivity index (χ4v) is 6.76. The topological polar surface area (TPSA) is 46.8 Å². The van der Waals surface area contributed by atoms with Crippen LogP contribution in [0.5, 0.6) is 0 Å². The molecule has 0 aliphatic carbocycles. The van der Waals surface area contributed by atoms with Gasteiger partial charge >= 0.3 is 0 Å². The van der Waals surface area contributed by atoms with Crippen molar-refractivity contribution in [3.05, 3.63) is 132 Å². The standard InChI is InChI=1S/C38H23N3O/c1-23-14-16-34-29(18-23)26-8-2-5-11-32(26)40(34)25-15-17-35-30(21-25)27-9-3-6-12-33(27)41(35)36-20-24(22-39)19-31-28-10-4-7-13-37(28)42-38(31)36/h2-21H,1H3. The molecule has 0 aliphatic rings. The van der Waals surface area contributed by atoms with Crippen LogP contribution < -0.4 is 0 Å². The zero-order valence-corrected chi connectivity index (χ0v) is 22.8. The second-order valence-corrected chi connectivity index (χ2v) is 11.0. The predicted molar refractivity (Wildman–Crippen MR) is 172 cm³/mol. The quantitative estimate of drug-likeness (QED) is 0.220. The van der Waals surface area contributed by atoms with Crippen LogP contribution in [0.1, 0.15) is 11.1 Å². The number of nitriles is 1. The van der Waals surface area contributed by atoms with Crippen LogP contribution in [0, 0.1) is 18.3 Å². The monoisotopic (exact) mass is 537 g/mol. The zero-order chi connectivity index (χ0) is 27.9. The Morgan fingerprint density at radius 1 is 0.548 bits per heavy atom. The van der Waals surface area contributed by atoms with Gasteiger partial charge in [-0.1, -0.05) is 66.2 Å². The maximum absolute atomic E-state index is 9.99. The molecule has 0 saturated heterocycles. The van der Waals surface area contributed by atoms with Crippen molar-refractivity contribution in [2.24, 2.45) is 0 Å². The van der Waals surface area contributed by atoms with Gasteiger partial charge in [0, 0.05) is 38.0 Å². The molecule has 0 spiro atoms. The van der Waals surface area contributed by atoms with Crippen molar-refractivity contribution in [3.8, 4) is 17.4 Å². The molecule has 0 bridgehead atoms. The number of nitrogens with zero attached hydrogens (tertiary/aromatic N) is 3. The van der Waals surface area contributed by atoms with Gasteiger partial charge in [0.15, 0.2) is 5.58 Å². The van der Waals surface area contributed by atoms with E-state index in [0.29, 0.717) is 5.56 Å². The lowest BCUT2D eigenvalue weighted by atomic mass is 10.1.